The molecule has 1 amide bonds. The van der Waals surface area contributed by atoms with Gasteiger partial charge in [-0.2, -0.15) is 0 Å². The van der Waals surface area contributed by atoms with Crippen LogP contribution in [0.1, 0.15) is 38.3 Å². The van der Waals surface area contributed by atoms with Crippen molar-refractivity contribution in [2.45, 2.75) is 32.6 Å². The highest BCUT2D eigenvalue weighted by Gasteiger charge is 2.33. The number of nitrogens with zero attached hydrogens (tertiary/aromatic N) is 1. The van der Waals surface area contributed by atoms with Crippen LogP contribution < -0.4 is 19.1 Å². The number of para-hydroxylation sites is 1. The minimum atomic E-state index is -0.131. The lowest BCUT2D eigenvalue weighted by atomic mass is 9.87. The molecule has 5 nitrogen and oxygen atoms in total. The topological polar surface area (TPSA) is 48.0 Å². The fraction of sp³-hybridized carbons (Fsp3) is 0.267. The monoisotopic (exact) mass is 533 g/mol. The molecule has 0 radical (unpaired) electrons. The minimum absolute atomic E-state index is 0.123. The molecule has 3 aromatic carbocycles. The van der Waals surface area contributed by atoms with Crippen LogP contribution in [0.25, 0.3) is 6.08 Å². The van der Waals surface area contributed by atoms with Crippen LogP contribution in [0.15, 0.2) is 77.7 Å². The first-order chi connectivity index (χ1) is 17.8. The number of rotatable bonds is 9. The van der Waals surface area contributed by atoms with E-state index in [9.17, 15) is 4.79 Å². The second kappa shape index (κ2) is 11.8. The third-order valence-electron chi connectivity index (χ3n) is 5.83. The smallest absolute Gasteiger partial charge is 0.270 e. The molecule has 0 atom stereocenters. The predicted octanol–water partition coefficient (Wildman–Crippen LogP) is 7.25. The number of amides is 1. The Balaban J connectivity index is 1.32. The zero-order valence-electron chi connectivity index (χ0n) is 21.5. The summed E-state index contributed by atoms with van der Waals surface area (Å²) < 4.78 is 17.9. The molecule has 7 heteroatoms. The SMILES string of the molecule is COc1cc(/C=C2/SC(=S)N(c3ccccc3)C2=O)ccc1OCCCOc1ccc(C(C)(C)C)cc1. The van der Waals surface area contributed by atoms with E-state index in [-0.39, 0.29) is 11.3 Å². The minimum Gasteiger partial charge on any atom is -0.493 e. The van der Waals surface area contributed by atoms with Crippen molar-refractivity contribution in [2.24, 2.45) is 0 Å². The molecule has 1 fully saturated rings. The van der Waals surface area contributed by atoms with Gasteiger partial charge in [-0.25, -0.2) is 0 Å². The van der Waals surface area contributed by atoms with Gasteiger partial charge in [0.05, 0.1) is 30.9 Å². The van der Waals surface area contributed by atoms with Gasteiger partial charge < -0.3 is 14.2 Å². The first-order valence-electron chi connectivity index (χ1n) is 12.1. The summed E-state index contributed by atoms with van der Waals surface area (Å²) in [6, 6.07) is 23.3. The van der Waals surface area contributed by atoms with E-state index < -0.39 is 0 Å². The van der Waals surface area contributed by atoms with Crippen molar-refractivity contribution in [2.75, 3.05) is 25.2 Å². The number of benzene rings is 3. The van der Waals surface area contributed by atoms with Gasteiger partial charge in [0, 0.05) is 6.42 Å². The Hall–Kier alpha value is -3.29. The summed E-state index contributed by atoms with van der Waals surface area (Å²) in [7, 11) is 1.60. The highest BCUT2D eigenvalue weighted by molar-refractivity contribution is 8.27. The summed E-state index contributed by atoms with van der Waals surface area (Å²) in [6.45, 7) is 7.63. The van der Waals surface area contributed by atoms with E-state index in [4.69, 9.17) is 26.4 Å². The number of anilines is 1. The maximum absolute atomic E-state index is 13.0. The van der Waals surface area contributed by atoms with Crippen LogP contribution in [0.3, 0.4) is 0 Å². The quantitative estimate of drug-likeness (QED) is 0.164. The average molecular weight is 534 g/mol. The van der Waals surface area contributed by atoms with Crippen LogP contribution in [0.2, 0.25) is 0 Å². The molecule has 1 aliphatic rings. The molecule has 0 aliphatic carbocycles. The maximum Gasteiger partial charge on any atom is 0.270 e. The zero-order chi connectivity index (χ0) is 26.4. The van der Waals surface area contributed by atoms with Gasteiger partial charge in [0.25, 0.3) is 5.91 Å². The molecule has 0 unspecified atom stereocenters. The number of carbonyl (C=O) groups is 1. The van der Waals surface area contributed by atoms with Crippen molar-refractivity contribution in [1.29, 1.82) is 0 Å². The molecule has 1 saturated heterocycles. The van der Waals surface area contributed by atoms with E-state index in [0.717, 1.165) is 23.4 Å². The fourth-order valence-electron chi connectivity index (χ4n) is 3.79. The van der Waals surface area contributed by atoms with Crippen molar-refractivity contribution < 1.29 is 19.0 Å². The summed E-state index contributed by atoms with van der Waals surface area (Å²) in [5.41, 5.74) is 3.00. The molecule has 0 spiro atoms. The maximum atomic E-state index is 13.0. The summed E-state index contributed by atoms with van der Waals surface area (Å²) in [6.07, 6.45) is 2.56. The standard InChI is InChI=1S/C30H31NO4S2/c1-30(2,3)22-12-14-24(15-13-22)34-17-8-18-35-25-16-11-21(19-26(25)33-4)20-27-28(32)31(29(36)37-27)23-9-6-5-7-10-23/h5-7,9-16,19-20H,8,17-18H2,1-4H3/b27-20+. The van der Waals surface area contributed by atoms with Gasteiger partial charge in [0.2, 0.25) is 0 Å². The van der Waals surface area contributed by atoms with Gasteiger partial charge in [-0.15, -0.1) is 0 Å². The number of carbonyl (C=O) groups excluding carboxylic acids is 1. The van der Waals surface area contributed by atoms with E-state index in [1.807, 2.05) is 66.7 Å². The van der Waals surface area contributed by atoms with E-state index in [1.54, 1.807) is 12.0 Å². The summed E-state index contributed by atoms with van der Waals surface area (Å²) >= 11 is 6.75. The van der Waals surface area contributed by atoms with Crippen LogP contribution in [0, 0.1) is 0 Å². The van der Waals surface area contributed by atoms with Crippen molar-refractivity contribution in [1.82, 2.24) is 0 Å². The van der Waals surface area contributed by atoms with Crippen molar-refractivity contribution in [3.63, 3.8) is 0 Å². The third kappa shape index (κ3) is 6.73. The zero-order valence-corrected chi connectivity index (χ0v) is 23.2. The van der Waals surface area contributed by atoms with Crippen molar-refractivity contribution in [3.05, 3.63) is 88.8 Å². The lowest BCUT2D eigenvalue weighted by molar-refractivity contribution is -0.113. The highest BCUT2D eigenvalue weighted by Crippen LogP contribution is 2.37. The molecular weight excluding hydrogens is 502 g/mol. The molecule has 4 rings (SSSR count). The normalized spacial score (nSPS) is 14.8. The molecular formula is C30H31NO4S2. The van der Waals surface area contributed by atoms with Gasteiger partial charge in [-0.3, -0.25) is 9.69 Å². The number of ether oxygens (including phenoxy) is 3. The van der Waals surface area contributed by atoms with Crippen molar-refractivity contribution >= 4 is 46.0 Å². The van der Waals surface area contributed by atoms with Gasteiger partial charge in [-0.1, -0.05) is 81.1 Å². The highest BCUT2D eigenvalue weighted by atomic mass is 32.2. The Bertz CT molecular complexity index is 1280. The Morgan fingerprint density at radius 3 is 2.30 bits per heavy atom. The molecule has 0 saturated carbocycles. The fourth-order valence-corrected chi connectivity index (χ4v) is 5.09. The van der Waals surface area contributed by atoms with Gasteiger partial charge >= 0.3 is 0 Å². The molecule has 1 aliphatic heterocycles. The second-order valence-corrected chi connectivity index (χ2v) is 11.3. The number of hydrogen-bond acceptors (Lipinski definition) is 6. The van der Waals surface area contributed by atoms with Crippen LogP contribution in [-0.2, 0) is 10.2 Å². The predicted molar refractivity (Wildman–Crippen MR) is 156 cm³/mol. The Kier molecular flexibility index (Phi) is 8.56. The first-order valence-corrected chi connectivity index (χ1v) is 13.4. The van der Waals surface area contributed by atoms with Crippen LogP contribution in [-0.4, -0.2) is 30.6 Å². The lowest BCUT2D eigenvalue weighted by Crippen LogP contribution is -2.27. The largest absolute Gasteiger partial charge is 0.493 e. The Labute approximate surface area is 228 Å². The van der Waals surface area contributed by atoms with Gasteiger partial charge in [0.15, 0.2) is 15.8 Å². The molecule has 37 heavy (non-hydrogen) atoms. The molecule has 3 aromatic rings. The number of thiocarbonyl (C=S) groups is 1. The molecule has 1 heterocycles. The van der Waals surface area contributed by atoms with Gasteiger partial charge in [-0.05, 0) is 59.0 Å². The number of thioether (sulfide) groups is 1. The molecule has 0 N–H and O–H groups in total. The first kappa shape index (κ1) is 26.8. The number of methoxy groups -OCH3 is 1. The van der Waals surface area contributed by atoms with E-state index in [1.165, 1.54) is 17.3 Å². The van der Waals surface area contributed by atoms with E-state index in [0.29, 0.717) is 33.9 Å². The van der Waals surface area contributed by atoms with Crippen LogP contribution >= 0.6 is 24.0 Å². The summed E-state index contributed by atoms with van der Waals surface area (Å²) in [4.78, 5) is 15.1. The lowest BCUT2D eigenvalue weighted by Gasteiger charge is -2.19. The molecule has 0 aromatic heterocycles. The van der Waals surface area contributed by atoms with Crippen LogP contribution in [0.4, 0.5) is 5.69 Å². The third-order valence-corrected chi connectivity index (χ3v) is 7.13. The Morgan fingerprint density at radius 1 is 0.919 bits per heavy atom. The van der Waals surface area contributed by atoms with Crippen molar-refractivity contribution in [3.8, 4) is 17.2 Å². The van der Waals surface area contributed by atoms with Crippen LogP contribution in [0.5, 0.6) is 17.2 Å². The number of hydrogen-bond donors (Lipinski definition) is 0. The molecule has 192 valence electrons. The van der Waals surface area contributed by atoms with Gasteiger partial charge in [0.1, 0.15) is 5.75 Å². The van der Waals surface area contributed by atoms with E-state index in [2.05, 4.69) is 32.9 Å². The summed E-state index contributed by atoms with van der Waals surface area (Å²) in [5, 5.41) is 0. The average Bonchev–Trinajstić information content (AvgIpc) is 3.16. The molecule has 0 bridgehead atoms. The second-order valence-electron chi connectivity index (χ2n) is 9.59. The van der Waals surface area contributed by atoms with E-state index >= 15 is 0 Å². The Morgan fingerprint density at radius 2 is 1.62 bits per heavy atom. The summed E-state index contributed by atoms with van der Waals surface area (Å²) in [5.74, 6) is 1.97.